The van der Waals surface area contributed by atoms with Gasteiger partial charge in [0.25, 0.3) is 0 Å². The number of hydrogen-bond acceptors (Lipinski definition) is 3. The highest BCUT2D eigenvalue weighted by Gasteiger charge is 2.28. The fourth-order valence-corrected chi connectivity index (χ4v) is 1.38. The molecule has 1 rings (SSSR count). The molecule has 1 aliphatic heterocycles. The first-order valence-corrected chi connectivity index (χ1v) is 4.70. The number of aliphatic hydroxyl groups is 1. The minimum absolute atomic E-state index is 0.0337. The molecule has 3 atom stereocenters. The first-order chi connectivity index (χ1) is 6.13. The van der Waals surface area contributed by atoms with E-state index in [1.807, 2.05) is 6.92 Å². The lowest BCUT2D eigenvalue weighted by Crippen LogP contribution is -2.41. The Labute approximate surface area is 78.3 Å². The summed E-state index contributed by atoms with van der Waals surface area (Å²) in [6, 6.07) is -0.188. The van der Waals surface area contributed by atoms with Gasteiger partial charge in [-0.2, -0.15) is 0 Å². The van der Waals surface area contributed by atoms with Gasteiger partial charge in [-0.05, 0) is 26.7 Å². The van der Waals surface area contributed by atoms with Crippen molar-refractivity contribution in [2.75, 3.05) is 6.61 Å². The van der Waals surface area contributed by atoms with Crippen LogP contribution >= 0.6 is 0 Å². The summed E-state index contributed by atoms with van der Waals surface area (Å²) in [6.07, 6.45) is 1.58. The van der Waals surface area contributed by atoms with Gasteiger partial charge in [0.1, 0.15) is 6.10 Å². The highest BCUT2D eigenvalue weighted by Crippen LogP contribution is 2.18. The maximum atomic E-state index is 11.4. The number of hydrogen-bond donors (Lipinski definition) is 2. The number of aliphatic hydroxyl groups excluding tert-OH is 1. The number of carbonyl (C=O) groups excluding carboxylic acids is 1. The van der Waals surface area contributed by atoms with Crippen LogP contribution in [0.1, 0.15) is 26.7 Å². The van der Waals surface area contributed by atoms with Crippen LogP contribution in [0, 0.1) is 0 Å². The van der Waals surface area contributed by atoms with Crippen LogP contribution < -0.4 is 5.32 Å². The molecule has 76 valence electrons. The minimum Gasteiger partial charge on any atom is -0.394 e. The Morgan fingerprint density at radius 3 is 2.85 bits per heavy atom. The molecular weight excluding hydrogens is 170 g/mol. The van der Waals surface area contributed by atoms with Crippen LogP contribution in [0.5, 0.6) is 0 Å². The molecule has 2 unspecified atom stereocenters. The predicted molar refractivity (Wildman–Crippen MR) is 48.3 cm³/mol. The smallest absolute Gasteiger partial charge is 0.249 e. The van der Waals surface area contributed by atoms with Gasteiger partial charge in [-0.3, -0.25) is 4.79 Å². The van der Waals surface area contributed by atoms with E-state index in [4.69, 9.17) is 9.84 Å². The molecule has 1 fully saturated rings. The Morgan fingerprint density at radius 2 is 2.38 bits per heavy atom. The van der Waals surface area contributed by atoms with E-state index in [2.05, 4.69) is 5.32 Å². The van der Waals surface area contributed by atoms with Gasteiger partial charge in [0.15, 0.2) is 0 Å². The first kappa shape index (κ1) is 10.5. The van der Waals surface area contributed by atoms with Crippen LogP contribution in [-0.4, -0.2) is 35.9 Å². The van der Waals surface area contributed by atoms with Crippen LogP contribution in [-0.2, 0) is 9.53 Å². The summed E-state index contributed by atoms with van der Waals surface area (Å²) in [5, 5.41) is 11.4. The number of rotatable bonds is 3. The molecule has 0 spiro atoms. The number of carbonyl (C=O) groups is 1. The van der Waals surface area contributed by atoms with Crippen molar-refractivity contribution in [3.8, 4) is 0 Å². The van der Waals surface area contributed by atoms with Crippen LogP contribution in [0.3, 0.4) is 0 Å². The SMILES string of the molecule is CC1CCC(C(=O)N[C@H](C)CO)O1. The third kappa shape index (κ3) is 2.97. The lowest BCUT2D eigenvalue weighted by molar-refractivity contribution is -0.132. The second kappa shape index (κ2) is 4.58. The second-order valence-electron chi connectivity index (χ2n) is 3.60. The van der Waals surface area contributed by atoms with E-state index in [9.17, 15) is 4.79 Å². The molecule has 2 N–H and O–H groups in total. The lowest BCUT2D eigenvalue weighted by Gasteiger charge is -2.15. The zero-order valence-corrected chi connectivity index (χ0v) is 8.12. The van der Waals surface area contributed by atoms with E-state index in [1.165, 1.54) is 0 Å². The molecule has 13 heavy (non-hydrogen) atoms. The predicted octanol–water partition coefficient (Wildman–Crippen LogP) is 0.0509. The van der Waals surface area contributed by atoms with Gasteiger partial charge in [-0.25, -0.2) is 0 Å². The van der Waals surface area contributed by atoms with Gasteiger partial charge in [0.2, 0.25) is 5.91 Å². The first-order valence-electron chi connectivity index (χ1n) is 4.70. The summed E-state index contributed by atoms with van der Waals surface area (Å²) in [6.45, 7) is 3.69. The number of ether oxygens (including phenoxy) is 1. The molecule has 0 bridgehead atoms. The fraction of sp³-hybridized carbons (Fsp3) is 0.889. The van der Waals surface area contributed by atoms with E-state index in [0.717, 1.165) is 12.8 Å². The topological polar surface area (TPSA) is 58.6 Å². The van der Waals surface area contributed by atoms with Gasteiger partial charge < -0.3 is 15.2 Å². The van der Waals surface area contributed by atoms with E-state index in [1.54, 1.807) is 6.92 Å². The molecule has 0 aliphatic carbocycles. The molecular formula is C9H17NO3. The molecule has 0 saturated carbocycles. The molecule has 1 saturated heterocycles. The average molecular weight is 187 g/mol. The molecule has 0 aromatic carbocycles. The zero-order valence-electron chi connectivity index (χ0n) is 8.12. The summed E-state index contributed by atoms with van der Waals surface area (Å²) < 4.78 is 5.37. The van der Waals surface area contributed by atoms with Gasteiger partial charge in [0.05, 0.1) is 12.7 Å². The van der Waals surface area contributed by atoms with Crippen molar-refractivity contribution >= 4 is 5.91 Å². The molecule has 1 aliphatic rings. The van der Waals surface area contributed by atoms with Crippen molar-refractivity contribution in [3.63, 3.8) is 0 Å². The summed E-state index contributed by atoms with van der Waals surface area (Å²) in [7, 11) is 0. The molecule has 1 heterocycles. The maximum absolute atomic E-state index is 11.4. The summed E-state index contributed by atoms with van der Waals surface area (Å²) in [5.74, 6) is -0.106. The van der Waals surface area contributed by atoms with Crippen molar-refractivity contribution in [2.45, 2.75) is 44.9 Å². The van der Waals surface area contributed by atoms with Crippen molar-refractivity contribution in [2.24, 2.45) is 0 Å². The van der Waals surface area contributed by atoms with E-state index in [-0.39, 0.29) is 30.8 Å². The summed E-state index contributed by atoms with van der Waals surface area (Å²) in [4.78, 5) is 11.4. The van der Waals surface area contributed by atoms with Gasteiger partial charge in [-0.15, -0.1) is 0 Å². The standard InChI is InChI=1S/C9H17NO3/c1-6(5-11)10-9(12)8-4-3-7(2)13-8/h6-8,11H,3-5H2,1-2H3,(H,10,12)/t6-,7?,8?/m1/s1. The van der Waals surface area contributed by atoms with Crippen molar-refractivity contribution < 1.29 is 14.6 Å². The van der Waals surface area contributed by atoms with Gasteiger partial charge in [-0.1, -0.05) is 0 Å². The van der Waals surface area contributed by atoms with Crippen molar-refractivity contribution in [3.05, 3.63) is 0 Å². The number of amides is 1. The summed E-state index contributed by atoms with van der Waals surface area (Å²) in [5.41, 5.74) is 0. The molecule has 0 radical (unpaired) electrons. The van der Waals surface area contributed by atoms with E-state index < -0.39 is 0 Å². The monoisotopic (exact) mass is 187 g/mol. The highest BCUT2D eigenvalue weighted by atomic mass is 16.5. The van der Waals surface area contributed by atoms with Crippen molar-refractivity contribution in [1.82, 2.24) is 5.32 Å². The third-order valence-corrected chi connectivity index (χ3v) is 2.19. The third-order valence-electron chi connectivity index (χ3n) is 2.19. The second-order valence-corrected chi connectivity index (χ2v) is 3.60. The molecule has 4 heteroatoms. The average Bonchev–Trinajstić information content (AvgIpc) is 2.51. The normalized spacial score (nSPS) is 30.1. The van der Waals surface area contributed by atoms with Gasteiger partial charge >= 0.3 is 0 Å². The molecule has 0 aromatic heterocycles. The maximum Gasteiger partial charge on any atom is 0.249 e. The molecule has 4 nitrogen and oxygen atoms in total. The minimum atomic E-state index is -0.316. The van der Waals surface area contributed by atoms with E-state index in [0.29, 0.717) is 0 Å². The van der Waals surface area contributed by atoms with Crippen LogP contribution in [0.2, 0.25) is 0 Å². The lowest BCUT2D eigenvalue weighted by atomic mass is 10.2. The highest BCUT2D eigenvalue weighted by molar-refractivity contribution is 5.81. The Balaban J connectivity index is 2.31. The van der Waals surface area contributed by atoms with Crippen LogP contribution in [0.4, 0.5) is 0 Å². The van der Waals surface area contributed by atoms with Gasteiger partial charge in [0, 0.05) is 6.04 Å². The van der Waals surface area contributed by atoms with E-state index >= 15 is 0 Å². The Bertz CT molecular complexity index is 184. The van der Waals surface area contributed by atoms with Crippen LogP contribution in [0.15, 0.2) is 0 Å². The molecule has 1 amide bonds. The van der Waals surface area contributed by atoms with Crippen LogP contribution in [0.25, 0.3) is 0 Å². The molecule has 0 aromatic rings. The Morgan fingerprint density at radius 1 is 1.69 bits per heavy atom. The quantitative estimate of drug-likeness (QED) is 0.656. The Hall–Kier alpha value is -0.610. The van der Waals surface area contributed by atoms with Crippen molar-refractivity contribution in [1.29, 1.82) is 0 Å². The Kier molecular flexibility index (Phi) is 3.69. The zero-order chi connectivity index (χ0) is 9.84. The fourth-order valence-electron chi connectivity index (χ4n) is 1.38. The largest absolute Gasteiger partial charge is 0.394 e. The number of nitrogens with one attached hydrogen (secondary N) is 1. The summed E-state index contributed by atoms with van der Waals surface area (Å²) >= 11 is 0.